The third-order valence-corrected chi connectivity index (χ3v) is 12.0. The van der Waals surface area contributed by atoms with Gasteiger partial charge in [-0.3, -0.25) is 0 Å². The van der Waals surface area contributed by atoms with E-state index in [4.69, 9.17) is 0 Å². The van der Waals surface area contributed by atoms with Gasteiger partial charge in [-0.2, -0.15) is 0 Å². The van der Waals surface area contributed by atoms with Gasteiger partial charge in [0.05, 0.1) is 20.3 Å². The van der Waals surface area contributed by atoms with E-state index in [2.05, 4.69) is 184 Å². The topological polar surface area (TPSA) is 0 Å². The molecule has 0 aliphatic heterocycles. The quantitative estimate of drug-likeness (QED) is 0.171. The van der Waals surface area contributed by atoms with Crippen LogP contribution in [0, 0.1) is 0 Å². The van der Waals surface area contributed by atoms with Crippen LogP contribution in [0.3, 0.4) is 0 Å². The van der Waals surface area contributed by atoms with E-state index < -0.39 is 9.52 Å². The molecule has 1 heteroatoms. The monoisotopic (exact) mass is 592 g/mol. The van der Waals surface area contributed by atoms with Gasteiger partial charge in [0.15, 0.2) is 0 Å². The van der Waals surface area contributed by atoms with Gasteiger partial charge in [0.1, 0.15) is 0 Å². The van der Waals surface area contributed by atoms with Gasteiger partial charge in [0.25, 0.3) is 0 Å². The predicted octanol–water partition coefficient (Wildman–Crippen LogP) is 8.31. The average molecular weight is 593 g/mol. The lowest BCUT2D eigenvalue weighted by molar-refractivity contribution is 0.744. The standard InChI is InChI=1S/C44H36Si/c1-31-29-33-13-9-11-19-41(33)43(31,35-15-5-3-6-16-35)37-21-25-39(26-22-37)45-40-27-23-38(24-28-40)44(36-17-7-4-8-18-36)32(2)30-34-14-10-12-20-42(34)44/h3-30H,45H2,1-2H3. The predicted molar refractivity (Wildman–Crippen MR) is 194 cm³/mol. The van der Waals surface area contributed by atoms with E-state index in [0.29, 0.717) is 0 Å². The van der Waals surface area contributed by atoms with Crippen molar-refractivity contribution in [2.45, 2.75) is 24.7 Å². The molecular formula is C44H36Si. The fraction of sp³-hybridized carbons (Fsp3) is 0.0909. The Balaban J connectivity index is 1.14. The van der Waals surface area contributed by atoms with Gasteiger partial charge in [-0.1, -0.05) is 191 Å². The van der Waals surface area contributed by atoms with Gasteiger partial charge in [-0.25, -0.2) is 0 Å². The Morgan fingerprint density at radius 3 is 1.09 bits per heavy atom. The largest absolute Gasteiger partial charge is 0.0875 e. The second kappa shape index (κ2) is 10.9. The molecule has 216 valence electrons. The summed E-state index contributed by atoms with van der Waals surface area (Å²) in [6.07, 6.45) is 4.74. The molecule has 0 N–H and O–H groups in total. The number of allylic oxidation sites excluding steroid dienone is 2. The molecular weight excluding hydrogens is 557 g/mol. The van der Waals surface area contributed by atoms with Crippen LogP contribution in [0.2, 0.25) is 0 Å². The van der Waals surface area contributed by atoms with Gasteiger partial charge in [0, 0.05) is 0 Å². The molecule has 0 radical (unpaired) electrons. The molecule has 2 aliphatic carbocycles. The molecule has 0 aromatic heterocycles. The second-order valence-electron chi connectivity index (χ2n) is 12.6. The second-order valence-corrected chi connectivity index (χ2v) is 14.6. The number of hydrogen-bond acceptors (Lipinski definition) is 0. The molecule has 0 bridgehead atoms. The van der Waals surface area contributed by atoms with Gasteiger partial charge < -0.3 is 0 Å². The molecule has 2 atom stereocenters. The molecule has 0 spiro atoms. The zero-order chi connectivity index (χ0) is 30.4. The van der Waals surface area contributed by atoms with Crippen molar-refractivity contribution in [1.29, 1.82) is 0 Å². The molecule has 2 unspecified atom stereocenters. The summed E-state index contributed by atoms with van der Waals surface area (Å²) in [5.41, 5.74) is 13.0. The first-order chi connectivity index (χ1) is 22.1. The fourth-order valence-electron chi connectivity index (χ4n) is 8.26. The summed E-state index contributed by atoms with van der Waals surface area (Å²) in [5, 5.41) is 2.92. The van der Waals surface area contributed by atoms with Crippen LogP contribution in [0.1, 0.15) is 58.4 Å². The van der Waals surface area contributed by atoms with Gasteiger partial charge in [0.2, 0.25) is 0 Å². The number of rotatable bonds is 6. The highest BCUT2D eigenvalue weighted by atomic mass is 28.2. The minimum atomic E-state index is -0.647. The SMILES string of the molecule is CC1=Cc2ccccc2C1(c1ccccc1)c1ccc([SiH2]c2ccc(C3(c4ccccc4)C(C)=Cc4ccccc43)cc2)cc1. The van der Waals surface area contributed by atoms with Crippen molar-refractivity contribution in [3.63, 3.8) is 0 Å². The van der Waals surface area contributed by atoms with Crippen LogP contribution in [-0.4, -0.2) is 9.52 Å². The number of hydrogen-bond donors (Lipinski definition) is 0. The lowest BCUT2D eigenvalue weighted by Gasteiger charge is -2.35. The zero-order valence-electron chi connectivity index (χ0n) is 25.9. The van der Waals surface area contributed by atoms with Crippen molar-refractivity contribution in [3.05, 3.63) is 213 Å². The number of benzene rings is 6. The van der Waals surface area contributed by atoms with Crippen LogP contribution >= 0.6 is 0 Å². The minimum absolute atomic E-state index is 0.256. The highest BCUT2D eigenvalue weighted by Crippen LogP contribution is 2.52. The highest BCUT2D eigenvalue weighted by Gasteiger charge is 2.43. The van der Waals surface area contributed by atoms with E-state index in [1.165, 1.54) is 66.0 Å². The molecule has 0 heterocycles. The van der Waals surface area contributed by atoms with Crippen LogP contribution in [0.25, 0.3) is 12.2 Å². The van der Waals surface area contributed by atoms with Gasteiger partial charge in [-0.05, 0) is 58.4 Å². The van der Waals surface area contributed by atoms with Crippen molar-refractivity contribution < 1.29 is 0 Å². The molecule has 0 saturated heterocycles. The van der Waals surface area contributed by atoms with E-state index in [-0.39, 0.29) is 10.8 Å². The maximum Gasteiger partial charge on any atom is 0.0875 e. The Bertz CT molecular complexity index is 1920. The Morgan fingerprint density at radius 1 is 0.356 bits per heavy atom. The van der Waals surface area contributed by atoms with E-state index in [1.54, 1.807) is 0 Å². The molecule has 0 amide bonds. The molecule has 6 aromatic carbocycles. The summed E-state index contributed by atoms with van der Waals surface area (Å²) < 4.78 is 0. The van der Waals surface area contributed by atoms with E-state index in [9.17, 15) is 0 Å². The van der Waals surface area contributed by atoms with Gasteiger partial charge >= 0.3 is 0 Å². The van der Waals surface area contributed by atoms with Crippen molar-refractivity contribution in [3.8, 4) is 0 Å². The molecule has 45 heavy (non-hydrogen) atoms. The summed E-state index contributed by atoms with van der Waals surface area (Å²) in [5.74, 6) is 0. The summed E-state index contributed by atoms with van der Waals surface area (Å²) in [6.45, 7) is 4.58. The van der Waals surface area contributed by atoms with Crippen LogP contribution in [-0.2, 0) is 10.8 Å². The average Bonchev–Trinajstić information content (AvgIpc) is 3.57. The van der Waals surface area contributed by atoms with Crippen molar-refractivity contribution in [2.75, 3.05) is 0 Å². The summed E-state index contributed by atoms with van der Waals surface area (Å²) in [4.78, 5) is 0. The fourth-order valence-corrected chi connectivity index (χ4v) is 9.67. The third kappa shape index (κ3) is 4.19. The normalized spacial score (nSPS) is 20.1. The molecule has 2 aliphatic rings. The third-order valence-electron chi connectivity index (χ3n) is 10.3. The Labute approximate surface area is 269 Å². The maximum absolute atomic E-state index is 2.39. The number of fused-ring (bicyclic) bond motifs is 2. The zero-order valence-corrected chi connectivity index (χ0v) is 27.3. The van der Waals surface area contributed by atoms with Crippen LogP contribution in [0.5, 0.6) is 0 Å². The molecule has 8 rings (SSSR count). The first-order valence-electron chi connectivity index (χ1n) is 16.0. The Hall–Kier alpha value is -4.98. The van der Waals surface area contributed by atoms with E-state index in [1.807, 2.05) is 0 Å². The van der Waals surface area contributed by atoms with Crippen molar-refractivity contribution in [2.24, 2.45) is 0 Å². The lowest BCUT2D eigenvalue weighted by Crippen LogP contribution is -2.32. The van der Waals surface area contributed by atoms with Crippen molar-refractivity contribution in [1.82, 2.24) is 0 Å². The van der Waals surface area contributed by atoms with E-state index >= 15 is 0 Å². The maximum atomic E-state index is 2.39. The Kier molecular flexibility index (Phi) is 6.66. The molecule has 0 saturated carbocycles. The van der Waals surface area contributed by atoms with Crippen LogP contribution in [0.15, 0.2) is 169 Å². The van der Waals surface area contributed by atoms with E-state index in [0.717, 1.165) is 0 Å². The highest BCUT2D eigenvalue weighted by molar-refractivity contribution is 6.67. The smallest absolute Gasteiger partial charge is 0.0629 e. The summed E-state index contributed by atoms with van der Waals surface area (Å²) in [6, 6.07) is 58.9. The first kappa shape index (κ1) is 27.6. The summed E-state index contributed by atoms with van der Waals surface area (Å²) in [7, 11) is -0.647. The minimum Gasteiger partial charge on any atom is -0.0629 e. The molecule has 6 aromatic rings. The van der Waals surface area contributed by atoms with Crippen molar-refractivity contribution >= 4 is 32.0 Å². The summed E-state index contributed by atoms with van der Waals surface area (Å²) >= 11 is 0. The molecule has 0 nitrogen and oxygen atoms in total. The van der Waals surface area contributed by atoms with Gasteiger partial charge in [-0.15, -0.1) is 0 Å². The Morgan fingerprint density at radius 2 is 0.689 bits per heavy atom. The van der Waals surface area contributed by atoms with Crippen LogP contribution < -0.4 is 10.4 Å². The first-order valence-corrected chi connectivity index (χ1v) is 17.4. The van der Waals surface area contributed by atoms with Crippen LogP contribution in [0.4, 0.5) is 0 Å². The lowest BCUT2D eigenvalue weighted by atomic mass is 9.67. The molecule has 0 fully saturated rings.